The van der Waals surface area contributed by atoms with Crippen molar-refractivity contribution in [1.82, 2.24) is 0 Å². The summed E-state index contributed by atoms with van der Waals surface area (Å²) in [6.45, 7) is 2.42. The van der Waals surface area contributed by atoms with E-state index in [2.05, 4.69) is 4.74 Å². The van der Waals surface area contributed by atoms with E-state index in [0.717, 1.165) is 25.7 Å². The topological polar surface area (TPSA) is 54.0 Å². The Hall–Kier alpha value is -0.910. The van der Waals surface area contributed by atoms with Crippen LogP contribution in [-0.4, -0.2) is 31.1 Å². The van der Waals surface area contributed by atoms with Gasteiger partial charge in [-0.15, -0.1) is 0 Å². The van der Waals surface area contributed by atoms with Crippen molar-refractivity contribution >= 4 is 5.97 Å². The molecule has 5 nitrogen and oxygen atoms in total. The Bertz CT molecular complexity index is 332. The molecular weight excluding hydrogens is 236 g/mol. The smallest absolute Gasteiger partial charge is 0.330 e. The van der Waals surface area contributed by atoms with Gasteiger partial charge in [0.2, 0.25) is 5.79 Å². The predicted octanol–water partition coefficient (Wildman–Crippen LogP) is 2.11. The lowest BCUT2D eigenvalue weighted by Crippen LogP contribution is -2.33. The second-order valence-electron chi connectivity index (χ2n) is 5.05. The Morgan fingerprint density at radius 1 is 1.22 bits per heavy atom. The van der Waals surface area contributed by atoms with Crippen molar-refractivity contribution in [1.29, 1.82) is 0 Å². The molecule has 2 rings (SSSR count). The fourth-order valence-corrected chi connectivity index (χ4v) is 2.24. The highest BCUT2D eigenvalue weighted by molar-refractivity contribution is 5.81. The van der Waals surface area contributed by atoms with Crippen LogP contribution < -0.4 is 0 Å². The highest BCUT2D eigenvalue weighted by Gasteiger charge is 2.42. The highest BCUT2D eigenvalue weighted by atomic mass is 17.2. The van der Waals surface area contributed by atoms with Crippen LogP contribution in [0.1, 0.15) is 39.0 Å². The number of rotatable bonds is 2. The van der Waals surface area contributed by atoms with Crippen molar-refractivity contribution in [2.45, 2.75) is 50.4 Å². The summed E-state index contributed by atoms with van der Waals surface area (Å²) in [6, 6.07) is 0. The molecule has 1 atom stereocenters. The fraction of sp³-hybridized carbons (Fsp3) is 0.769. The molecule has 1 heterocycles. The summed E-state index contributed by atoms with van der Waals surface area (Å²) in [6.07, 6.45) is 7.58. The molecule has 0 aromatic rings. The van der Waals surface area contributed by atoms with Crippen molar-refractivity contribution < 1.29 is 24.0 Å². The van der Waals surface area contributed by atoms with Gasteiger partial charge in [0.1, 0.15) is 5.60 Å². The van der Waals surface area contributed by atoms with Gasteiger partial charge in [0.05, 0.1) is 13.7 Å². The third-order valence-electron chi connectivity index (χ3n) is 3.49. The van der Waals surface area contributed by atoms with Crippen LogP contribution in [0.4, 0.5) is 0 Å². The summed E-state index contributed by atoms with van der Waals surface area (Å²) in [4.78, 5) is 22.1. The van der Waals surface area contributed by atoms with E-state index in [1.54, 1.807) is 6.08 Å². The summed E-state index contributed by atoms with van der Waals surface area (Å²) in [7, 11) is 1.34. The number of hydrogen-bond donors (Lipinski definition) is 0. The van der Waals surface area contributed by atoms with Crippen molar-refractivity contribution in [2.24, 2.45) is 0 Å². The lowest BCUT2D eigenvalue weighted by atomic mass is 10.0. The molecule has 5 heteroatoms. The Labute approximate surface area is 107 Å². The van der Waals surface area contributed by atoms with E-state index in [9.17, 15) is 4.79 Å². The number of esters is 1. The largest absolute Gasteiger partial charge is 0.466 e. The number of carbonyl (C=O) groups is 1. The van der Waals surface area contributed by atoms with Crippen LogP contribution in [0, 0.1) is 0 Å². The van der Waals surface area contributed by atoms with Gasteiger partial charge in [-0.25, -0.2) is 14.6 Å². The molecule has 0 aromatic carbocycles. The van der Waals surface area contributed by atoms with Gasteiger partial charge in [0, 0.05) is 25.3 Å². The molecule has 2 fully saturated rings. The SMILES string of the molecule is COC(=O)C=CC1(C)CCOC2(CCCC2)OO1. The maximum Gasteiger partial charge on any atom is 0.330 e. The fourth-order valence-electron chi connectivity index (χ4n) is 2.24. The van der Waals surface area contributed by atoms with E-state index in [0.29, 0.717) is 13.0 Å². The minimum atomic E-state index is -0.652. The molecule has 2 aliphatic rings. The summed E-state index contributed by atoms with van der Waals surface area (Å²) in [5.74, 6) is -0.975. The number of methoxy groups -OCH3 is 1. The monoisotopic (exact) mass is 256 g/mol. The average Bonchev–Trinajstić information content (AvgIpc) is 2.76. The third-order valence-corrected chi connectivity index (χ3v) is 3.49. The van der Waals surface area contributed by atoms with Crippen LogP contribution in [0.15, 0.2) is 12.2 Å². The Kier molecular flexibility index (Phi) is 4.04. The van der Waals surface area contributed by atoms with E-state index < -0.39 is 17.4 Å². The first-order valence-electron chi connectivity index (χ1n) is 6.36. The minimum Gasteiger partial charge on any atom is -0.466 e. The van der Waals surface area contributed by atoms with Crippen LogP contribution >= 0.6 is 0 Å². The van der Waals surface area contributed by atoms with Crippen molar-refractivity contribution in [2.75, 3.05) is 13.7 Å². The van der Waals surface area contributed by atoms with E-state index in [1.807, 2.05) is 6.92 Å². The summed E-state index contributed by atoms with van der Waals surface area (Å²) < 4.78 is 10.3. The first-order chi connectivity index (χ1) is 8.58. The van der Waals surface area contributed by atoms with Crippen molar-refractivity contribution in [3.05, 3.63) is 12.2 Å². The molecule has 102 valence electrons. The van der Waals surface area contributed by atoms with Gasteiger partial charge in [0.15, 0.2) is 0 Å². The number of ether oxygens (including phenoxy) is 2. The van der Waals surface area contributed by atoms with Gasteiger partial charge in [-0.2, -0.15) is 0 Å². The molecule has 1 unspecified atom stereocenters. The molecule has 18 heavy (non-hydrogen) atoms. The van der Waals surface area contributed by atoms with Gasteiger partial charge in [-0.1, -0.05) is 0 Å². The molecule has 0 amide bonds. The predicted molar refractivity (Wildman–Crippen MR) is 63.5 cm³/mol. The van der Waals surface area contributed by atoms with Crippen LogP contribution in [0.25, 0.3) is 0 Å². The maximum atomic E-state index is 11.1. The van der Waals surface area contributed by atoms with Crippen LogP contribution in [-0.2, 0) is 24.0 Å². The molecular formula is C13H20O5. The lowest BCUT2D eigenvalue weighted by Gasteiger charge is -2.27. The van der Waals surface area contributed by atoms with Gasteiger partial charge in [-0.3, -0.25) is 0 Å². The second kappa shape index (κ2) is 5.38. The average molecular weight is 256 g/mol. The number of carbonyl (C=O) groups excluding carboxylic acids is 1. The van der Waals surface area contributed by atoms with E-state index in [1.165, 1.54) is 13.2 Å². The van der Waals surface area contributed by atoms with E-state index in [4.69, 9.17) is 14.5 Å². The van der Waals surface area contributed by atoms with Gasteiger partial charge in [0.25, 0.3) is 0 Å². The molecule has 0 radical (unpaired) electrons. The molecule has 1 saturated heterocycles. The molecule has 0 N–H and O–H groups in total. The second-order valence-corrected chi connectivity index (χ2v) is 5.05. The third kappa shape index (κ3) is 3.10. The summed E-state index contributed by atoms with van der Waals surface area (Å²) in [5.41, 5.74) is -0.652. The zero-order valence-corrected chi connectivity index (χ0v) is 10.9. The van der Waals surface area contributed by atoms with E-state index >= 15 is 0 Å². The molecule has 1 aliphatic carbocycles. The molecule has 0 bridgehead atoms. The Balaban J connectivity index is 1.98. The molecule has 1 aliphatic heterocycles. The van der Waals surface area contributed by atoms with Crippen molar-refractivity contribution in [3.63, 3.8) is 0 Å². The normalized spacial score (nSPS) is 31.7. The van der Waals surface area contributed by atoms with Gasteiger partial charge in [-0.05, 0) is 25.8 Å². The molecule has 1 spiro atoms. The van der Waals surface area contributed by atoms with Gasteiger partial charge < -0.3 is 9.47 Å². The van der Waals surface area contributed by atoms with Crippen LogP contribution in [0.2, 0.25) is 0 Å². The minimum absolute atomic E-state index is 0.402. The number of hydrogen-bond acceptors (Lipinski definition) is 5. The standard InChI is InChI=1S/C13H20O5/c1-12(8-5-11(14)15-2)9-10-16-13(18-17-12)6-3-4-7-13/h5,8H,3-4,6-7,9-10H2,1-2H3. The molecule has 1 saturated carbocycles. The zero-order valence-electron chi connectivity index (χ0n) is 10.9. The van der Waals surface area contributed by atoms with Crippen LogP contribution in [0.3, 0.4) is 0 Å². The zero-order chi connectivity index (χ0) is 13.1. The first-order valence-corrected chi connectivity index (χ1v) is 6.36. The highest BCUT2D eigenvalue weighted by Crippen LogP contribution is 2.38. The maximum absolute atomic E-state index is 11.1. The summed E-state index contributed by atoms with van der Waals surface area (Å²) >= 11 is 0. The Morgan fingerprint density at radius 3 is 2.61 bits per heavy atom. The first kappa shape index (κ1) is 13.5. The summed E-state index contributed by atoms with van der Waals surface area (Å²) in [5, 5.41) is 0. The molecule has 0 aromatic heterocycles. The van der Waals surface area contributed by atoms with Crippen molar-refractivity contribution in [3.8, 4) is 0 Å². The van der Waals surface area contributed by atoms with E-state index in [-0.39, 0.29) is 0 Å². The lowest BCUT2D eigenvalue weighted by molar-refractivity contribution is -0.438. The van der Waals surface area contributed by atoms with Gasteiger partial charge >= 0.3 is 5.97 Å². The Morgan fingerprint density at radius 2 is 1.94 bits per heavy atom. The quantitative estimate of drug-likeness (QED) is 0.430. The van der Waals surface area contributed by atoms with Crippen LogP contribution in [0.5, 0.6) is 0 Å².